The summed E-state index contributed by atoms with van der Waals surface area (Å²) in [7, 11) is -2.79. The predicted octanol–water partition coefficient (Wildman–Crippen LogP) is 1.02. The molecule has 1 aliphatic rings. The Balaban J connectivity index is 1.47. The third-order valence-corrected chi connectivity index (χ3v) is 6.49. The fraction of sp³-hybridized carbons (Fsp3) is 0.333. The van der Waals surface area contributed by atoms with Crippen LogP contribution in [-0.2, 0) is 21.0 Å². The van der Waals surface area contributed by atoms with Gasteiger partial charge in [-0.2, -0.15) is 18.2 Å². The van der Waals surface area contributed by atoms with Crippen LogP contribution in [0.25, 0.3) is 0 Å². The van der Waals surface area contributed by atoms with Gasteiger partial charge >= 0.3 is 10.3 Å². The average Bonchev–Trinajstić information content (AvgIpc) is 3.42. The van der Waals surface area contributed by atoms with E-state index in [0.717, 1.165) is 12.1 Å². The lowest BCUT2D eigenvalue weighted by Gasteiger charge is -2.15. The van der Waals surface area contributed by atoms with Crippen LogP contribution in [0.5, 0.6) is 0 Å². The van der Waals surface area contributed by atoms with Crippen LogP contribution in [0, 0.1) is 11.6 Å². The van der Waals surface area contributed by atoms with Crippen molar-refractivity contribution in [2.45, 2.75) is 37.6 Å². The van der Waals surface area contributed by atoms with Crippen molar-refractivity contribution in [2.75, 3.05) is 12.4 Å². The van der Waals surface area contributed by atoms with Crippen molar-refractivity contribution in [1.29, 1.82) is 0 Å². The number of carbonyl (C=O) groups excluding carboxylic acids is 1. The number of nitrogens with one attached hydrogen (secondary N) is 2. The molecule has 1 aliphatic carbocycles. The minimum absolute atomic E-state index is 0.00728. The number of benzene rings is 1. The monoisotopic (exact) mass is 508 g/mol. The molecule has 2 heterocycles. The van der Waals surface area contributed by atoms with Crippen LogP contribution in [0.1, 0.15) is 34.5 Å². The number of hydrogen-bond donors (Lipinski definition) is 3. The summed E-state index contributed by atoms with van der Waals surface area (Å²) in [5.74, 6) is -1.74. The number of aliphatic hydroxyl groups is 1. The first-order valence-corrected chi connectivity index (χ1v) is 11.9. The van der Waals surface area contributed by atoms with E-state index in [1.807, 2.05) is 4.72 Å². The molecule has 3 N–H and O–H groups in total. The summed E-state index contributed by atoms with van der Waals surface area (Å²) in [5, 5.41) is 17.4. The van der Waals surface area contributed by atoms with E-state index in [1.165, 1.54) is 42.6 Å². The van der Waals surface area contributed by atoms with Crippen molar-refractivity contribution in [3.63, 3.8) is 0 Å². The summed E-state index contributed by atoms with van der Waals surface area (Å²) in [5.41, 5.74) is 0.362. The molecule has 3 aromatic rings. The Hall–Kier alpha value is -3.33. The van der Waals surface area contributed by atoms with E-state index in [9.17, 15) is 27.1 Å². The summed E-state index contributed by atoms with van der Waals surface area (Å²) in [6.45, 7) is -0.00728. The van der Waals surface area contributed by atoms with E-state index < -0.39 is 46.0 Å². The lowest BCUT2D eigenvalue weighted by atomic mass is 10.1. The highest BCUT2D eigenvalue weighted by Gasteiger charge is 2.37. The zero-order valence-electron chi connectivity index (χ0n) is 18.4. The molecule has 4 rings (SSSR count). The third-order valence-electron chi connectivity index (χ3n) is 5.49. The van der Waals surface area contributed by atoms with Gasteiger partial charge in [0.05, 0.1) is 18.2 Å². The van der Waals surface area contributed by atoms with Crippen molar-refractivity contribution < 1.29 is 31.3 Å². The smallest absolute Gasteiger partial charge is 0.335 e. The lowest BCUT2D eigenvalue weighted by molar-refractivity contribution is 0.0636. The second kappa shape index (κ2) is 10.1. The number of aliphatic hydroxyl groups excluding tert-OH is 1. The first-order valence-electron chi connectivity index (χ1n) is 10.5. The van der Waals surface area contributed by atoms with E-state index in [4.69, 9.17) is 4.18 Å². The molecular formula is C21H22F2N6O5S. The van der Waals surface area contributed by atoms with Gasteiger partial charge in [-0.3, -0.25) is 13.7 Å². The molecule has 14 heteroatoms. The Kier molecular flexibility index (Phi) is 7.16. The van der Waals surface area contributed by atoms with Crippen LogP contribution < -0.4 is 10.0 Å². The minimum atomic E-state index is -3.99. The van der Waals surface area contributed by atoms with Crippen molar-refractivity contribution in [1.82, 2.24) is 24.5 Å². The predicted molar refractivity (Wildman–Crippen MR) is 119 cm³/mol. The maximum atomic E-state index is 13.9. The second-order valence-corrected chi connectivity index (χ2v) is 9.43. The highest BCUT2D eigenvalue weighted by molar-refractivity contribution is 7.84. The number of halogens is 2. The van der Waals surface area contributed by atoms with Crippen molar-refractivity contribution in [2.24, 2.45) is 0 Å². The number of nitrogens with zero attached hydrogens (tertiary/aromatic N) is 4. The van der Waals surface area contributed by atoms with Gasteiger partial charge in [0.15, 0.2) is 0 Å². The van der Waals surface area contributed by atoms with Crippen molar-refractivity contribution in [3.8, 4) is 0 Å². The lowest BCUT2D eigenvalue weighted by Crippen LogP contribution is -2.31. The first-order chi connectivity index (χ1) is 16.6. The second-order valence-electron chi connectivity index (χ2n) is 7.92. The molecule has 0 aliphatic heterocycles. The van der Waals surface area contributed by atoms with Crippen molar-refractivity contribution >= 4 is 21.9 Å². The summed E-state index contributed by atoms with van der Waals surface area (Å²) >= 11 is 0. The van der Waals surface area contributed by atoms with Crippen LogP contribution in [-0.4, -0.2) is 64.4 Å². The van der Waals surface area contributed by atoms with E-state index in [-0.39, 0.29) is 42.0 Å². The fourth-order valence-electron chi connectivity index (χ4n) is 3.75. The number of aromatic nitrogens is 4. The van der Waals surface area contributed by atoms with Gasteiger partial charge < -0.3 is 10.4 Å². The summed E-state index contributed by atoms with van der Waals surface area (Å²) in [6.07, 6.45) is 2.34. The molecule has 0 unspecified atom stereocenters. The zero-order valence-corrected chi connectivity index (χ0v) is 19.2. The minimum Gasteiger partial charge on any atom is -0.390 e. The number of anilines is 1. The van der Waals surface area contributed by atoms with Crippen LogP contribution in [0.2, 0.25) is 0 Å². The van der Waals surface area contributed by atoms with Gasteiger partial charge in [0, 0.05) is 37.1 Å². The maximum Gasteiger partial charge on any atom is 0.335 e. The quantitative estimate of drug-likeness (QED) is 0.360. The number of carbonyl (C=O) groups is 1. The molecule has 2 aromatic heterocycles. The molecule has 1 saturated carbocycles. The van der Waals surface area contributed by atoms with Gasteiger partial charge in [-0.25, -0.2) is 18.7 Å². The standard InChI is InChI=1S/C21H22F2N6O5S/c1-24-35(32,33)34-19-8-14(7-18(19)30)27-21-15(9-25-11-26-21)20(31)17-4-5-29(28-17)10-12-2-3-13(22)6-16(12)23/h2-6,9,11,14,18-19,24,30H,7-8,10H2,1H3,(H,25,26,27)/t14-,18+,19-/m1/s1. The number of hydrogen-bond acceptors (Lipinski definition) is 9. The summed E-state index contributed by atoms with van der Waals surface area (Å²) in [6, 6.07) is 4.23. The number of rotatable bonds is 9. The molecule has 0 bridgehead atoms. The molecule has 0 saturated heterocycles. The molecule has 0 radical (unpaired) electrons. The van der Waals surface area contributed by atoms with Crippen LogP contribution in [0.15, 0.2) is 43.0 Å². The van der Waals surface area contributed by atoms with E-state index in [2.05, 4.69) is 20.4 Å². The third kappa shape index (κ3) is 5.85. The van der Waals surface area contributed by atoms with Crippen LogP contribution in [0.3, 0.4) is 0 Å². The van der Waals surface area contributed by atoms with Gasteiger partial charge in [0.2, 0.25) is 5.78 Å². The van der Waals surface area contributed by atoms with Crippen molar-refractivity contribution in [3.05, 3.63) is 71.4 Å². The molecule has 3 atom stereocenters. The molecule has 1 aromatic carbocycles. The first kappa shape index (κ1) is 24.8. The maximum absolute atomic E-state index is 13.9. The Morgan fingerprint density at radius 1 is 1.29 bits per heavy atom. The Morgan fingerprint density at radius 3 is 2.83 bits per heavy atom. The average molecular weight is 509 g/mol. The van der Waals surface area contributed by atoms with E-state index in [0.29, 0.717) is 0 Å². The van der Waals surface area contributed by atoms with Crippen LogP contribution >= 0.6 is 0 Å². The van der Waals surface area contributed by atoms with E-state index in [1.54, 1.807) is 0 Å². The van der Waals surface area contributed by atoms with Gasteiger partial charge in [-0.1, -0.05) is 6.07 Å². The highest BCUT2D eigenvalue weighted by Crippen LogP contribution is 2.27. The normalized spacial score (nSPS) is 20.2. The SMILES string of the molecule is CNS(=O)(=O)O[C@@H]1C[C@H](Nc2ncncc2C(=O)c2ccn(Cc3ccc(F)cc3F)n2)C[C@@H]1O. The molecule has 1 fully saturated rings. The largest absolute Gasteiger partial charge is 0.390 e. The van der Waals surface area contributed by atoms with Gasteiger partial charge in [-0.05, 0) is 25.0 Å². The fourth-order valence-corrected chi connectivity index (χ4v) is 4.38. The van der Waals surface area contributed by atoms with E-state index >= 15 is 0 Å². The molecular weight excluding hydrogens is 486 g/mol. The Morgan fingerprint density at radius 2 is 2.09 bits per heavy atom. The molecule has 0 amide bonds. The topological polar surface area (TPSA) is 148 Å². The Bertz CT molecular complexity index is 1340. The van der Waals surface area contributed by atoms with Gasteiger partial charge in [0.25, 0.3) is 0 Å². The Labute approximate surface area is 199 Å². The van der Waals surface area contributed by atoms with Crippen LogP contribution in [0.4, 0.5) is 14.6 Å². The molecule has 186 valence electrons. The summed E-state index contributed by atoms with van der Waals surface area (Å²) < 4.78 is 58.7. The molecule has 0 spiro atoms. The van der Waals surface area contributed by atoms with Gasteiger partial charge in [-0.15, -0.1) is 0 Å². The zero-order chi connectivity index (χ0) is 25.2. The number of ketones is 1. The summed E-state index contributed by atoms with van der Waals surface area (Å²) in [4.78, 5) is 21.1. The highest BCUT2D eigenvalue weighted by atomic mass is 32.2. The molecule has 35 heavy (non-hydrogen) atoms. The van der Waals surface area contributed by atoms with Gasteiger partial charge in [0.1, 0.15) is 35.6 Å². The molecule has 11 nitrogen and oxygen atoms in total.